The standard InChI is InChI=1S/C26H16Br2N4O2S/c27-15-10-16(28)12-18(11-15)32-24-19-8-4-5-9-22(19)35-14-21(24)23(31-32)25(33)20(13-29)26(34)30-17-6-2-1-3-7-17/h1-12,20H,14H2,(H,30,34). The van der Waals surface area contributed by atoms with Gasteiger partial charge in [0.15, 0.2) is 5.92 Å². The number of amides is 1. The maximum Gasteiger partial charge on any atom is 0.249 e. The van der Waals surface area contributed by atoms with Crippen LogP contribution < -0.4 is 5.32 Å². The van der Waals surface area contributed by atoms with E-state index in [9.17, 15) is 14.9 Å². The molecule has 172 valence electrons. The second-order valence-corrected chi connectivity index (χ2v) is 10.6. The Labute approximate surface area is 222 Å². The Bertz CT molecular complexity index is 1490. The molecule has 2 heterocycles. The summed E-state index contributed by atoms with van der Waals surface area (Å²) in [6, 6.07) is 24.3. The number of nitrogens with one attached hydrogen (secondary N) is 1. The van der Waals surface area contributed by atoms with E-state index in [1.165, 1.54) is 0 Å². The van der Waals surface area contributed by atoms with Crippen molar-refractivity contribution in [2.24, 2.45) is 5.92 Å². The van der Waals surface area contributed by atoms with E-state index in [0.29, 0.717) is 17.0 Å². The molecule has 4 aromatic rings. The summed E-state index contributed by atoms with van der Waals surface area (Å²) in [7, 11) is 0. The SMILES string of the molecule is N#CC(C(=O)Nc1ccccc1)C(=O)c1nn(-c2cc(Br)cc(Br)c2)c2c1CSc1ccccc1-2. The van der Waals surface area contributed by atoms with Crippen molar-refractivity contribution < 1.29 is 9.59 Å². The molecule has 0 aliphatic carbocycles. The summed E-state index contributed by atoms with van der Waals surface area (Å²) in [5.41, 5.74) is 3.83. The van der Waals surface area contributed by atoms with Gasteiger partial charge < -0.3 is 5.32 Å². The molecule has 3 aromatic carbocycles. The Morgan fingerprint density at radius 2 is 1.71 bits per heavy atom. The molecule has 5 rings (SSSR count). The molecule has 1 atom stereocenters. The van der Waals surface area contributed by atoms with E-state index >= 15 is 0 Å². The lowest BCUT2D eigenvalue weighted by atomic mass is 9.97. The number of ketones is 1. The highest BCUT2D eigenvalue weighted by Gasteiger charge is 2.35. The molecule has 1 aliphatic heterocycles. The van der Waals surface area contributed by atoms with Crippen LogP contribution in [0, 0.1) is 17.2 Å². The number of rotatable bonds is 5. The van der Waals surface area contributed by atoms with Crippen molar-refractivity contribution in [1.82, 2.24) is 9.78 Å². The summed E-state index contributed by atoms with van der Waals surface area (Å²) in [6.45, 7) is 0. The molecule has 0 bridgehead atoms. The molecule has 1 N–H and O–H groups in total. The first kappa shape index (κ1) is 23.5. The molecule has 6 nitrogen and oxygen atoms in total. The summed E-state index contributed by atoms with van der Waals surface area (Å²) in [4.78, 5) is 27.5. The van der Waals surface area contributed by atoms with E-state index in [0.717, 1.165) is 30.8 Å². The highest BCUT2D eigenvalue weighted by atomic mass is 79.9. The van der Waals surface area contributed by atoms with E-state index in [1.807, 2.05) is 54.6 Å². The zero-order chi connectivity index (χ0) is 24.5. The highest BCUT2D eigenvalue weighted by molar-refractivity contribution is 9.11. The van der Waals surface area contributed by atoms with E-state index in [2.05, 4.69) is 42.3 Å². The topological polar surface area (TPSA) is 87.8 Å². The zero-order valence-electron chi connectivity index (χ0n) is 18.0. The number of hydrogen-bond acceptors (Lipinski definition) is 5. The van der Waals surface area contributed by atoms with E-state index in [4.69, 9.17) is 0 Å². The number of fused-ring (bicyclic) bond motifs is 3. The molecule has 0 radical (unpaired) electrons. The Morgan fingerprint density at radius 1 is 1.03 bits per heavy atom. The van der Waals surface area contributed by atoms with Crippen molar-refractivity contribution in [3.8, 4) is 23.0 Å². The first-order chi connectivity index (χ1) is 17.0. The van der Waals surface area contributed by atoms with Crippen molar-refractivity contribution >= 4 is 61.0 Å². The molecular weight excluding hydrogens is 592 g/mol. The van der Waals surface area contributed by atoms with Crippen LogP contribution in [0.3, 0.4) is 0 Å². The molecule has 1 aliphatic rings. The average molecular weight is 608 g/mol. The van der Waals surface area contributed by atoms with Gasteiger partial charge in [-0.1, -0.05) is 68.3 Å². The van der Waals surface area contributed by atoms with Gasteiger partial charge in [-0.3, -0.25) is 9.59 Å². The van der Waals surface area contributed by atoms with Crippen molar-refractivity contribution in [2.45, 2.75) is 10.6 Å². The fourth-order valence-electron chi connectivity index (χ4n) is 3.96. The number of Topliss-reactive ketones (excluding diaryl/α,β-unsaturated/α-hetero) is 1. The van der Waals surface area contributed by atoms with Crippen LogP contribution in [0.1, 0.15) is 16.1 Å². The number of hydrogen-bond donors (Lipinski definition) is 1. The minimum Gasteiger partial charge on any atom is -0.325 e. The molecular formula is C26H16Br2N4O2S. The van der Waals surface area contributed by atoms with Crippen LogP contribution in [0.2, 0.25) is 0 Å². The predicted octanol–water partition coefficient (Wildman–Crippen LogP) is 6.63. The third-order valence-corrected chi connectivity index (χ3v) is 7.53. The summed E-state index contributed by atoms with van der Waals surface area (Å²) < 4.78 is 3.41. The average Bonchev–Trinajstić information content (AvgIpc) is 3.25. The van der Waals surface area contributed by atoms with Crippen LogP contribution in [0.5, 0.6) is 0 Å². The Morgan fingerprint density at radius 3 is 2.43 bits per heavy atom. The van der Waals surface area contributed by atoms with Gasteiger partial charge in [0.2, 0.25) is 11.7 Å². The molecule has 1 aromatic heterocycles. The Balaban J connectivity index is 1.62. The van der Waals surface area contributed by atoms with Gasteiger partial charge in [-0.25, -0.2) is 4.68 Å². The van der Waals surface area contributed by atoms with Gasteiger partial charge >= 0.3 is 0 Å². The lowest BCUT2D eigenvalue weighted by Crippen LogP contribution is -2.29. The minimum absolute atomic E-state index is 0.132. The molecule has 35 heavy (non-hydrogen) atoms. The number of thioether (sulfide) groups is 1. The first-order valence-electron chi connectivity index (χ1n) is 10.6. The molecule has 1 amide bonds. The largest absolute Gasteiger partial charge is 0.325 e. The second-order valence-electron chi connectivity index (χ2n) is 7.78. The number of carbonyl (C=O) groups excluding carboxylic acids is 2. The second kappa shape index (κ2) is 9.82. The van der Waals surface area contributed by atoms with E-state index in [1.54, 1.807) is 40.7 Å². The number of aromatic nitrogens is 2. The summed E-state index contributed by atoms with van der Waals surface area (Å²) in [5, 5.41) is 17.1. The van der Waals surface area contributed by atoms with Gasteiger partial charge in [0.05, 0.1) is 17.5 Å². The maximum atomic E-state index is 13.6. The van der Waals surface area contributed by atoms with Crippen molar-refractivity contribution in [3.63, 3.8) is 0 Å². The lowest BCUT2D eigenvalue weighted by Gasteiger charge is -2.18. The van der Waals surface area contributed by atoms with E-state index < -0.39 is 17.6 Å². The number of halogens is 2. The van der Waals surface area contributed by atoms with Crippen molar-refractivity contribution in [3.05, 3.63) is 93.0 Å². The monoisotopic (exact) mass is 606 g/mol. The number of nitrogens with zero attached hydrogens (tertiary/aromatic N) is 3. The minimum atomic E-state index is -1.53. The highest BCUT2D eigenvalue weighted by Crippen LogP contribution is 2.44. The fourth-order valence-corrected chi connectivity index (χ4v) is 6.29. The number of anilines is 1. The van der Waals surface area contributed by atoms with Crippen LogP contribution in [0.25, 0.3) is 16.9 Å². The van der Waals surface area contributed by atoms with Crippen LogP contribution >= 0.6 is 43.6 Å². The summed E-state index contributed by atoms with van der Waals surface area (Å²) in [5.74, 6) is -2.33. The van der Waals surface area contributed by atoms with Crippen molar-refractivity contribution in [1.29, 1.82) is 5.26 Å². The fraction of sp³-hybridized carbons (Fsp3) is 0.0769. The van der Waals surface area contributed by atoms with Crippen LogP contribution in [-0.4, -0.2) is 21.5 Å². The lowest BCUT2D eigenvalue weighted by molar-refractivity contribution is -0.117. The maximum absolute atomic E-state index is 13.6. The molecule has 0 saturated carbocycles. The van der Waals surface area contributed by atoms with Gasteiger partial charge in [0.25, 0.3) is 0 Å². The van der Waals surface area contributed by atoms with Crippen LogP contribution in [0.15, 0.2) is 86.6 Å². The van der Waals surface area contributed by atoms with Gasteiger partial charge in [0.1, 0.15) is 5.69 Å². The molecule has 1 unspecified atom stereocenters. The first-order valence-corrected chi connectivity index (χ1v) is 13.1. The van der Waals surface area contributed by atoms with Gasteiger partial charge in [-0.05, 0) is 36.4 Å². The quantitative estimate of drug-likeness (QED) is 0.203. The Hall–Kier alpha value is -3.19. The number of para-hydroxylation sites is 1. The van der Waals surface area contributed by atoms with Crippen LogP contribution in [0.4, 0.5) is 5.69 Å². The number of nitriles is 1. The normalized spacial score (nSPS) is 12.7. The molecule has 0 spiro atoms. The van der Waals surface area contributed by atoms with E-state index in [-0.39, 0.29) is 5.69 Å². The summed E-state index contributed by atoms with van der Waals surface area (Å²) >= 11 is 8.64. The third kappa shape index (κ3) is 4.57. The van der Waals surface area contributed by atoms with Crippen LogP contribution in [-0.2, 0) is 10.5 Å². The predicted molar refractivity (Wildman–Crippen MR) is 142 cm³/mol. The number of carbonyl (C=O) groups is 2. The van der Waals surface area contributed by atoms with Gasteiger partial charge in [0, 0.05) is 36.4 Å². The molecule has 9 heteroatoms. The molecule has 0 fully saturated rings. The summed E-state index contributed by atoms with van der Waals surface area (Å²) in [6.07, 6.45) is 0. The molecule has 0 saturated heterocycles. The zero-order valence-corrected chi connectivity index (χ0v) is 22.0. The van der Waals surface area contributed by atoms with Crippen molar-refractivity contribution in [2.75, 3.05) is 5.32 Å². The number of benzene rings is 3. The Kier molecular flexibility index (Phi) is 6.60. The van der Waals surface area contributed by atoms with Gasteiger partial charge in [-0.15, -0.1) is 11.8 Å². The van der Waals surface area contributed by atoms with Gasteiger partial charge in [-0.2, -0.15) is 10.4 Å². The smallest absolute Gasteiger partial charge is 0.249 e. The third-order valence-electron chi connectivity index (χ3n) is 5.52.